The fraction of sp³-hybridized carbons (Fsp3) is 0.915. The van der Waals surface area contributed by atoms with E-state index in [2.05, 4.69) is 26.8 Å². The average Bonchev–Trinajstić information content (AvgIpc) is 3.85. The van der Waals surface area contributed by atoms with Gasteiger partial charge in [0.1, 0.15) is 13.2 Å². The third kappa shape index (κ3) is 33.9. The molecule has 2 fully saturated rings. The van der Waals surface area contributed by atoms with Crippen molar-refractivity contribution in [2.24, 2.45) is 11.8 Å². The van der Waals surface area contributed by atoms with Crippen LogP contribution in [0.2, 0.25) is 0 Å². The van der Waals surface area contributed by atoms with Crippen molar-refractivity contribution in [2.75, 3.05) is 13.2 Å². The lowest BCUT2D eigenvalue weighted by Gasteiger charge is -2.19. The third-order valence-corrected chi connectivity index (χ3v) is 16.4. The lowest BCUT2D eigenvalue weighted by atomic mass is 9.89. The molecular formula is C59H108O8S. The van der Waals surface area contributed by atoms with E-state index in [1.54, 1.807) is 0 Å². The third-order valence-electron chi connectivity index (χ3n) is 14.7. The molecule has 8 nitrogen and oxygen atoms in total. The van der Waals surface area contributed by atoms with Gasteiger partial charge in [-0.25, -0.2) is 0 Å². The normalized spacial score (nSPS) is 19.5. The average molecular weight is 978 g/mol. The van der Waals surface area contributed by atoms with E-state index in [9.17, 15) is 24.6 Å². The zero-order chi connectivity index (χ0) is 49.1. The van der Waals surface area contributed by atoms with Gasteiger partial charge in [0, 0.05) is 35.7 Å². The van der Waals surface area contributed by atoms with Crippen LogP contribution in [0.5, 0.6) is 0 Å². The Morgan fingerprint density at radius 2 is 0.897 bits per heavy atom. The van der Waals surface area contributed by atoms with Crippen molar-refractivity contribution in [2.45, 2.75) is 319 Å². The fourth-order valence-electron chi connectivity index (χ4n) is 10.4. The van der Waals surface area contributed by atoms with E-state index in [4.69, 9.17) is 14.2 Å². The molecule has 0 radical (unpaired) electrons. The number of thioether (sulfide) groups is 1. The zero-order valence-electron chi connectivity index (χ0n) is 44.6. The summed E-state index contributed by atoms with van der Waals surface area (Å²) in [7, 11) is 0. The summed E-state index contributed by atoms with van der Waals surface area (Å²) in [6.45, 7) is 6.50. The summed E-state index contributed by atoms with van der Waals surface area (Å²) in [5.74, 6) is -0.418. The van der Waals surface area contributed by atoms with Crippen molar-refractivity contribution in [3.63, 3.8) is 0 Å². The van der Waals surface area contributed by atoms with Gasteiger partial charge < -0.3 is 24.4 Å². The first-order valence-electron chi connectivity index (χ1n) is 29.5. The maximum atomic E-state index is 13.1. The second kappa shape index (κ2) is 44.1. The van der Waals surface area contributed by atoms with Crippen molar-refractivity contribution in [1.29, 1.82) is 0 Å². The van der Waals surface area contributed by atoms with Crippen molar-refractivity contribution in [3.8, 4) is 0 Å². The number of hydrogen-bond donors (Lipinski definition) is 2. The number of hydrogen-bond acceptors (Lipinski definition) is 9. The summed E-state index contributed by atoms with van der Waals surface area (Å²) in [5.41, 5.74) is 0. The van der Waals surface area contributed by atoms with Gasteiger partial charge in [0.25, 0.3) is 0 Å². The fourth-order valence-corrected chi connectivity index (χ4v) is 12.3. The SMILES string of the molecule is CCCCCCCCCCCCCCCCCC(=O)OCC(COC(=O)CCCCCCCCCCCCCCCCC)OC(=O)CCCCC1C[C@@H]2[C@@H](/C=C/[C@@H](O)CCCCC)[C@H](O)C[C@@H]2S1. The first-order chi connectivity index (χ1) is 33.3. The summed E-state index contributed by atoms with van der Waals surface area (Å²) in [4.78, 5) is 38.5. The van der Waals surface area contributed by atoms with Crippen molar-refractivity contribution >= 4 is 29.7 Å². The molecule has 0 aromatic rings. The van der Waals surface area contributed by atoms with Crippen LogP contribution in [0, 0.1) is 11.8 Å². The number of esters is 3. The molecule has 2 aliphatic rings. The van der Waals surface area contributed by atoms with Gasteiger partial charge in [0.05, 0.1) is 12.2 Å². The minimum atomic E-state index is -0.816. The Hall–Kier alpha value is -1.58. The van der Waals surface area contributed by atoms with Crippen molar-refractivity contribution < 1.29 is 38.8 Å². The molecule has 1 unspecified atom stereocenters. The summed E-state index contributed by atoms with van der Waals surface area (Å²) >= 11 is 1.99. The molecule has 0 amide bonds. The van der Waals surface area contributed by atoms with E-state index >= 15 is 0 Å². The van der Waals surface area contributed by atoms with Crippen LogP contribution in [0.15, 0.2) is 12.2 Å². The number of aliphatic hydroxyl groups excluding tert-OH is 2. The second-order valence-electron chi connectivity index (χ2n) is 21.1. The van der Waals surface area contributed by atoms with Gasteiger partial charge in [-0.1, -0.05) is 238 Å². The number of fused-ring (bicyclic) bond motifs is 1. The second-order valence-corrected chi connectivity index (χ2v) is 22.7. The minimum Gasteiger partial charge on any atom is -0.462 e. The number of unbranched alkanes of at least 4 members (excludes halogenated alkanes) is 31. The van der Waals surface area contributed by atoms with Crippen molar-refractivity contribution in [3.05, 3.63) is 12.2 Å². The monoisotopic (exact) mass is 977 g/mol. The van der Waals surface area contributed by atoms with Gasteiger partial charge >= 0.3 is 17.9 Å². The molecule has 1 saturated heterocycles. The highest BCUT2D eigenvalue weighted by Gasteiger charge is 2.47. The molecule has 1 saturated carbocycles. The predicted molar refractivity (Wildman–Crippen MR) is 286 cm³/mol. The van der Waals surface area contributed by atoms with Crippen LogP contribution < -0.4 is 0 Å². The maximum Gasteiger partial charge on any atom is 0.306 e. The Bertz CT molecular complexity index is 1180. The first kappa shape index (κ1) is 62.5. The maximum absolute atomic E-state index is 13.1. The van der Waals surface area contributed by atoms with Gasteiger partial charge in [-0.05, 0) is 50.9 Å². The summed E-state index contributed by atoms with van der Waals surface area (Å²) in [5, 5.41) is 22.1. The highest BCUT2D eigenvalue weighted by atomic mass is 32.2. The van der Waals surface area contributed by atoms with Gasteiger partial charge in [-0.3, -0.25) is 14.4 Å². The molecule has 68 heavy (non-hydrogen) atoms. The molecule has 0 aromatic carbocycles. The van der Waals surface area contributed by atoms with Crippen LogP contribution in [0.1, 0.15) is 290 Å². The van der Waals surface area contributed by atoms with Crippen LogP contribution >= 0.6 is 11.8 Å². The van der Waals surface area contributed by atoms with E-state index in [1.165, 1.54) is 154 Å². The Kier molecular flexibility index (Phi) is 40.6. The van der Waals surface area contributed by atoms with Crippen LogP contribution in [-0.2, 0) is 28.6 Å². The van der Waals surface area contributed by atoms with E-state index in [1.807, 2.05) is 17.8 Å². The van der Waals surface area contributed by atoms with Crippen LogP contribution in [0.4, 0.5) is 0 Å². The molecule has 398 valence electrons. The molecule has 1 aliphatic heterocycles. The molecule has 1 heterocycles. The quantitative estimate of drug-likeness (QED) is 0.0266. The van der Waals surface area contributed by atoms with E-state index in [-0.39, 0.29) is 49.6 Å². The molecule has 2 rings (SSSR count). The molecule has 0 aromatic heterocycles. The van der Waals surface area contributed by atoms with Crippen LogP contribution in [0.3, 0.4) is 0 Å². The number of carbonyl (C=O) groups is 3. The van der Waals surface area contributed by atoms with Gasteiger partial charge in [-0.15, -0.1) is 0 Å². The Morgan fingerprint density at radius 1 is 0.515 bits per heavy atom. The zero-order valence-corrected chi connectivity index (χ0v) is 45.4. The van der Waals surface area contributed by atoms with Crippen LogP contribution in [-0.4, -0.2) is 70.1 Å². The summed E-state index contributed by atoms with van der Waals surface area (Å²) < 4.78 is 17.0. The number of carbonyl (C=O) groups excluding carboxylic acids is 3. The minimum absolute atomic E-state index is 0.0987. The first-order valence-corrected chi connectivity index (χ1v) is 30.4. The smallest absolute Gasteiger partial charge is 0.306 e. The summed E-state index contributed by atoms with van der Waals surface area (Å²) in [6.07, 6.45) is 49.9. The highest BCUT2D eigenvalue weighted by Crippen LogP contribution is 2.52. The number of aliphatic hydroxyl groups is 2. The van der Waals surface area contributed by atoms with Crippen molar-refractivity contribution in [1.82, 2.24) is 0 Å². The molecule has 1 aliphatic carbocycles. The van der Waals surface area contributed by atoms with Crippen LogP contribution in [0.25, 0.3) is 0 Å². The molecular weight excluding hydrogens is 869 g/mol. The lowest BCUT2D eigenvalue weighted by molar-refractivity contribution is -0.167. The standard InChI is InChI=1S/C59H108O8S/c1-4-7-10-12-14-16-18-20-22-24-26-28-30-32-35-41-57(62)65-48-51(49-66-58(63)42-36-33-31-29-27-25-23-21-19-17-15-13-11-8-5-2)67-59(64)43-38-37-40-52-46-54-53(55(61)47-56(54)68-52)45-44-50(60)39-34-9-6-3/h44-45,50-56,60-61H,4-43,46-49H2,1-3H3/b45-44+/t50-,52?,53+,54+,55+,56-/m0/s1. The Balaban J connectivity index is 1.67. The number of ether oxygens (including phenoxy) is 3. The Morgan fingerprint density at radius 3 is 1.34 bits per heavy atom. The lowest BCUT2D eigenvalue weighted by Crippen LogP contribution is -2.30. The molecule has 2 N–H and O–H groups in total. The van der Waals surface area contributed by atoms with Gasteiger partial charge in [0.15, 0.2) is 6.10 Å². The summed E-state index contributed by atoms with van der Waals surface area (Å²) in [6, 6.07) is 0. The van der Waals surface area contributed by atoms with E-state index in [0.29, 0.717) is 35.7 Å². The molecule has 6 atom stereocenters. The topological polar surface area (TPSA) is 119 Å². The molecule has 9 heteroatoms. The molecule has 0 bridgehead atoms. The molecule has 0 spiro atoms. The van der Waals surface area contributed by atoms with Gasteiger partial charge in [-0.2, -0.15) is 11.8 Å². The number of rotatable bonds is 48. The largest absolute Gasteiger partial charge is 0.462 e. The van der Waals surface area contributed by atoms with E-state index < -0.39 is 12.2 Å². The predicted octanol–water partition coefficient (Wildman–Crippen LogP) is 16.4. The van der Waals surface area contributed by atoms with Gasteiger partial charge in [0.2, 0.25) is 0 Å². The highest BCUT2D eigenvalue weighted by molar-refractivity contribution is 8.00. The Labute approximate surface area is 423 Å². The van der Waals surface area contributed by atoms with E-state index in [0.717, 1.165) is 89.9 Å².